The van der Waals surface area contributed by atoms with Gasteiger partial charge >= 0.3 is 0 Å². The van der Waals surface area contributed by atoms with Crippen molar-refractivity contribution in [3.8, 4) is 0 Å². The molecule has 1 amide bonds. The second kappa shape index (κ2) is 6.66. The molecule has 1 atom stereocenters. The summed E-state index contributed by atoms with van der Waals surface area (Å²) in [5.41, 5.74) is 0.743. The van der Waals surface area contributed by atoms with Gasteiger partial charge in [-0.25, -0.2) is 0 Å². The van der Waals surface area contributed by atoms with Crippen molar-refractivity contribution in [1.29, 1.82) is 0 Å². The van der Waals surface area contributed by atoms with Gasteiger partial charge in [-0.1, -0.05) is 6.07 Å². The normalized spacial score (nSPS) is 23.0. The fourth-order valence-corrected chi connectivity index (χ4v) is 2.85. The second-order valence-corrected chi connectivity index (χ2v) is 5.22. The number of amides is 1. The lowest BCUT2D eigenvalue weighted by molar-refractivity contribution is -0.128. The zero-order chi connectivity index (χ0) is 13.6. The molecule has 0 spiro atoms. The lowest BCUT2D eigenvalue weighted by atomic mass is 9.83. The van der Waals surface area contributed by atoms with E-state index >= 15 is 0 Å². The molecule has 1 fully saturated rings. The smallest absolute Gasteiger partial charge is 0.240 e. The van der Waals surface area contributed by atoms with Crippen molar-refractivity contribution >= 4 is 5.91 Å². The van der Waals surface area contributed by atoms with Crippen molar-refractivity contribution < 1.29 is 4.79 Å². The molecule has 2 N–H and O–H groups in total. The molecule has 0 radical (unpaired) electrons. The molecule has 1 aromatic rings. The van der Waals surface area contributed by atoms with Crippen LogP contribution in [0.25, 0.3) is 0 Å². The number of rotatable bonds is 5. The van der Waals surface area contributed by atoms with E-state index < -0.39 is 0 Å². The quantitative estimate of drug-likeness (QED) is 0.847. The molecule has 0 aromatic carbocycles. The van der Waals surface area contributed by atoms with Gasteiger partial charge in [0, 0.05) is 18.9 Å². The minimum atomic E-state index is -0.359. The van der Waals surface area contributed by atoms with Gasteiger partial charge in [0.15, 0.2) is 0 Å². The van der Waals surface area contributed by atoms with E-state index in [9.17, 15) is 4.79 Å². The van der Waals surface area contributed by atoms with E-state index in [4.69, 9.17) is 0 Å². The Morgan fingerprint density at radius 2 is 2.37 bits per heavy atom. The molecule has 1 saturated heterocycles. The first-order valence-electron chi connectivity index (χ1n) is 7.14. The molecule has 1 aromatic heterocycles. The molecule has 2 heterocycles. The maximum atomic E-state index is 12.1. The van der Waals surface area contributed by atoms with E-state index in [-0.39, 0.29) is 11.4 Å². The molecule has 104 valence electrons. The van der Waals surface area contributed by atoms with Gasteiger partial charge in [0.05, 0.1) is 5.54 Å². The van der Waals surface area contributed by atoms with Crippen LogP contribution in [0.1, 0.15) is 37.8 Å². The van der Waals surface area contributed by atoms with Crippen LogP contribution in [0.4, 0.5) is 0 Å². The maximum absolute atomic E-state index is 12.1. The number of pyridine rings is 1. The van der Waals surface area contributed by atoms with Gasteiger partial charge in [0.25, 0.3) is 0 Å². The Balaban J connectivity index is 1.91. The SMILES string of the molecule is CNC(=O)[C@]1(CCCc2ccccn2)CCCCN1. The fraction of sp³-hybridized carbons (Fsp3) is 0.600. The number of likely N-dealkylation sites (N-methyl/N-ethyl adjacent to an activating group) is 1. The van der Waals surface area contributed by atoms with E-state index in [1.54, 1.807) is 7.05 Å². The molecule has 1 aliphatic rings. The van der Waals surface area contributed by atoms with Gasteiger partial charge in [0.2, 0.25) is 5.91 Å². The Hall–Kier alpha value is -1.42. The van der Waals surface area contributed by atoms with Crippen molar-refractivity contribution in [2.24, 2.45) is 0 Å². The average molecular weight is 261 g/mol. The zero-order valence-electron chi connectivity index (χ0n) is 11.6. The van der Waals surface area contributed by atoms with Gasteiger partial charge in [0.1, 0.15) is 0 Å². The number of carbonyl (C=O) groups is 1. The van der Waals surface area contributed by atoms with Crippen molar-refractivity contribution in [2.75, 3.05) is 13.6 Å². The van der Waals surface area contributed by atoms with Crippen molar-refractivity contribution in [3.05, 3.63) is 30.1 Å². The highest BCUT2D eigenvalue weighted by Gasteiger charge is 2.37. The van der Waals surface area contributed by atoms with Crippen LogP contribution in [0, 0.1) is 0 Å². The number of hydrogen-bond donors (Lipinski definition) is 2. The second-order valence-electron chi connectivity index (χ2n) is 5.22. The summed E-state index contributed by atoms with van der Waals surface area (Å²) in [7, 11) is 1.72. The largest absolute Gasteiger partial charge is 0.358 e. The van der Waals surface area contributed by atoms with Crippen molar-refractivity contribution in [3.63, 3.8) is 0 Å². The van der Waals surface area contributed by atoms with Crippen LogP contribution in [-0.4, -0.2) is 30.0 Å². The first-order valence-corrected chi connectivity index (χ1v) is 7.14. The third-order valence-corrected chi connectivity index (χ3v) is 3.92. The van der Waals surface area contributed by atoms with Crippen molar-refractivity contribution in [1.82, 2.24) is 15.6 Å². The molecule has 19 heavy (non-hydrogen) atoms. The Labute approximate surface area is 115 Å². The van der Waals surface area contributed by atoms with E-state index in [0.717, 1.165) is 44.3 Å². The topological polar surface area (TPSA) is 54.0 Å². The predicted molar refractivity (Wildman–Crippen MR) is 75.8 cm³/mol. The lowest BCUT2D eigenvalue weighted by Gasteiger charge is -2.36. The summed E-state index contributed by atoms with van der Waals surface area (Å²) in [6.45, 7) is 0.941. The fourth-order valence-electron chi connectivity index (χ4n) is 2.85. The Bertz CT molecular complexity index is 399. The molecular formula is C15H23N3O. The monoisotopic (exact) mass is 261 g/mol. The van der Waals surface area contributed by atoms with Crippen molar-refractivity contribution in [2.45, 2.75) is 44.1 Å². The summed E-state index contributed by atoms with van der Waals surface area (Å²) >= 11 is 0. The molecule has 0 saturated carbocycles. The number of nitrogens with one attached hydrogen (secondary N) is 2. The predicted octanol–water partition coefficient (Wildman–Crippen LogP) is 1.66. The summed E-state index contributed by atoms with van der Waals surface area (Å²) in [6.07, 6.45) is 7.85. The average Bonchev–Trinajstić information content (AvgIpc) is 2.48. The van der Waals surface area contributed by atoms with Crippen LogP contribution in [0.3, 0.4) is 0 Å². The summed E-state index contributed by atoms with van der Waals surface area (Å²) < 4.78 is 0. The summed E-state index contributed by atoms with van der Waals surface area (Å²) in [6, 6.07) is 5.98. The molecule has 4 nitrogen and oxygen atoms in total. The number of piperidine rings is 1. The standard InChI is InChI=1S/C15H23N3O/c1-16-14(19)15(9-3-5-12-18-15)10-6-8-13-7-2-4-11-17-13/h2,4,7,11,18H,3,5-6,8-10,12H2,1H3,(H,16,19)/t15-/m1/s1. The number of hydrogen-bond acceptors (Lipinski definition) is 3. The van der Waals surface area contributed by atoms with E-state index in [2.05, 4.69) is 15.6 Å². The number of aryl methyl sites for hydroxylation is 1. The Kier molecular flexibility index (Phi) is 4.91. The molecule has 0 aliphatic carbocycles. The molecule has 0 unspecified atom stereocenters. The van der Waals surface area contributed by atoms with Crippen LogP contribution < -0.4 is 10.6 Å². The number of aromatic nitrogens is 1. The van der Waals surface area contributed by atoms with Gasteiger partial charge in [-0.2, -0.15) is 0 Å². The molecule has 1 aliphatic heterocycles. The third-order valence-electron chi connectivity index (χ3n) is 3.92. The minimum Gasteiger partial charge on any atom is -0.358 e. The number of nitrogens with zero attached hydrogens (tertiary/aromatic N) is 1. The van der Waals surface area contributed by atoms with Gasteiger partial charge in [-0.15, -0.1) is 0 Å². The Morgan fingerprint density at radius 3 is 3.00 bits per heavy atom. The summed E-state index contributed by atoms with van der Waals surface area (Å²) in [4.78, 5) is 16.5. The van der Waals surface area contributed by atoms with Gasteiger partial charge < -0.3 is 10.6 Å². The summed E-state index contributed by atoms with van der Waals surface area (Å²) in [5.74, 6) is 0.133. The number of carbonyl (C=O) groups excluding carboxylic acids is 1. The van der Waals surface area contributed by atoms with Gasteiger partial charge in [-0.05, 0) is 57.2 Å². The zero-order valence-corrected chi connectivity index (χ0v) is 11.6. The molecular weight excluding hydrogens is 238 g/mol. The highest BCUT2D eigenvalue weighted by Crippen LogP contribution is 2.25. The highest BCUT2D eigenvalue weighted by molar-refractivity contribution is 5.86. The van der Waals surface area contributed by atoms with Crippen LogP contribution >= 0.6 is 0 Å². The first kappa shape index (κ1) is 14.0. The first-order chi connectivity index (χ1) is 9.27. The summed E-state index contributed by atoms with van der Waals surface area (Å²) in [5, 5.41) is 6.24. The van der Waals surface area contributed by atoms with E-state index in [0.29, 0.717) is 0 Å². The van der Waals surface area contributed by atoms with E-state index in [1.165, 1.54) is 6.42 Å². The van der Waals surface area contributed by atoms with Gasteiger partial charge in [-0.3, -0.25) is 9.78 Å². The minimum absolute atomic E-state index is 0.133. The highest BCUT2D eigenvalue weighted by atomic mass is 16.2. The maximum Gasteiger partial charge on any atom is 0.240 e. The van der Waals surface area contributed by atoms with Crippen LogP contribution in [0.2, 0.25) is 0 Å². The van der Waals surface area contributed by atoms with Crippen LogP contribution in [-0.2, 0) is 11.2 Å². The van der Waals surface area contributed by atoms with Crippen LogP contribution in [0.5, 0.6) is 0 Å². The molecule has 4 heteroatoms. The van der Waals surface area contributed by atoms with E-state index in [1.807, 2.05) is 24.4 Å². The molecule has 2 rings (SSSR count). The third kappa shape index (κ3) is 3.53. The molecule has 0 bridgehead atoms. The lowest BCUT2D eigenvalue weighted by Crippen LogP contribution is -2.58. The Morgan fingerprint density at radius 1 is 1.47 bits per heavy atom. The van der Waals surface area contributed by atoms with Crippen LogP contribution in [0.15, 0.2) is 24.4 Å².